The predicted molar refractivity (Wildman–Crippen MR) is 143 cm³/mol. The topological polar surface area (TPSA) is 80.2 Å². The van der Waals surface area contributed by atoms with Crippen LogP contribution in [0, 0.1) is 6.92 Å². The summed E-state index contributed by atoms with van der Waals surface area (Å²) in [4.78, 5) is 11.2. The van der Waals surface area contributed by atoms with Crippen LogP contribution >= 0.6 is 24.0 Å². The second-order valence-electron chi connectivity index (χ2n) is 7.88. The van der Waals surface area contributed by atoms with Crippen LogP contribution in [0.2, 0.25) is 0 Å². The highest BCUT2D eigenvalue weighted by atomic mass is 127. The fourth-order valence-electron chi connectivity index (χ4n) is 3.50. The molecule has 0 aliphatic carbocycles. The highest BCUT2D eigenvalue weighted by Gasteiger charge is 2.17. The van der Waals surface area contributed by atoms with E-state index in [1.54, 1.807) is 14.2 Å². The average Bonchev–Trinajstić information content (AvgIpc) is 2.81. The number of benzene rings is 1. The third kappa shape index (κ3) is 8.63. The zero-order valence-electron chi connectivity index (χ0n) is 20.0. The Kier molecular flexibility index (Phi) is 11.7. The van der Waals surface area contributed by atoms with Crippen LogP contribution in [-0.4, -0.2) is 64.1 Å². The van der Waals surface area contributed by atoms with Crippen molar-refractivity contribution in [2.45, 2.75) is 33.0 Å². The molecule has 1 aliphatic rings. The van der Waals surface area contributed by atoms with E-state index >= 15 is 0 Å². The molecule has 0 bridgehead atoms. The lowest BCUT2D eigenvalue weighted by Crippen LogP contribution is -2.41. The molecule has 1 unspecified atom stereocenters. The van der Waals surface area contributed by atoms with E-state index < -0.39 is 0 Å². The maximum absolute atomic E-state index is 5.88. The lowest BCUT2D eigenvalue weighted by molar-refractivity contribution is 0.0529. The van der Waals surface area contributed by atoms with Gasteiger partial charge in [0, 0.05) is 52.1 Å². The van der Waals surface area contributed by atoms with E-state index in [0.29, 0.717) is 26.3 Å². The number of anilines is 1. The Morgan fingerprint density at radius 1 is 1.21 bits per heavy atom. The molecule has 2 heterocycles. The minimum atomic E-state index is 0. The first-order chi connectivity index (χ1) is 15.6. The number of hydrogen-bond acceptors (Lipinski definition) is 6. The van der Waals surface area contributed by atoms with Gasteiger partial charge in [0.1, 0.15) is 18.2 Å². The second-order valence-corrected chi connectivity index (χ2v) is 7.88. The van der Waals surface area contributed by atoms with Crippen LogP contribution in [0.4, 0.5) is 5.82 Å². The number of nitrogens with one attached hydrogen (secondary N) is 2. The Morgan fingerprint density at radius 2 is 2.03 bits per heavy atom. The third-order valence-electron chi connectivity index (χ3n) is 5.27. The molecule has 182 valence electrons. The number of aryl methyl sites for hydroxylation is 1. The Bertz CT molecular complexity index is 879. The lowest BCUT2D eigenvalue weighted by atomic mass is 10.1. The SMILES string of the molecule is CN=C(NCc1ccc(N2CCOC(C)C2)nc1)NCc1ccc(C)cc1OCCOC.I. The molecule has 1 atom stereocenters. The summed E-state index contributed by atoms with van der Waals surface area (Å²) in [5.74, 6) is 2.58. The molecule has 33 heavy (non-hydrogen) atoms. The minimum Gasteiger partial charge on any atom is -0.491 e. The smallest absolute Gasteiger partial charge is 0.191 e. The summed E-state index contributed by atoms with van der Waals surface area (Å²) >= 11 is 0. The van der Waals surface area contributed by atoms with Crippen molar-refractivity contribution >= 4 is 35.8 Å². The first kappa shape index (κ1) is 27.1. The standard InChI is InChI=1S/C24H35N5O3.HI/c1-18-5-7-21(22(13-18)32-12-11-30-4)16-28-24(25-3)27-15-20-6-8-23(26-14-20)29-9-10-31-19(2)17-29;/h5-8,13-14,19H,9-12,15-17H2,1-4H3,(H2,25,27,28);1H. The molecule has 0 radical (unpaired) electrons. The van der Waals surface area contributed by atoms with Gasteiger partial charge in [-0.15, -0.1) is 24.0 Å². The second kappa shape index (κ2) is 14.2. The summed E-state index contributed by atoms with van der Waals surface area (Å²) in [6.45, 7) is 8.96. The van der Waals surface area contributed by atoms with Crippen LogP contribution in [0.3, 0.4) is 0 Å². The van der Waals surface area contributed by atoms with Crippen molar-refractivity contribution in [1.82, 2.24) is 15.6 Å². The number of aromatic nitrogens is 1. The Hall–Kier alpha value is -2.11. The number of guanidine groups is 1. The van der Waals surface area contributed by atoms with E-state index in [1.807, 2.05) is 12.3 Å². The van der Waals surface area contributed by atoms with Crippen LogP contribution in [0.25, 0.3) is 0 Å². The first-order valence-electron chi connectivity index (χ1n) is 11.1. The highest BCUT2D eigenvalue weighted by Crippen LogP contribution is 2.20. The molecule has 1 aromatic carbocycles. The Morgan fingerprint density at radius 3 is 2.73 bits per heavy atom. The van der Waals surface area contributed by atoms with Gasteiger partial charge >= 0.3 is 0 Å². The quantitative estimate of drug-likeness (QED) is 0.208. The van der Waals surface area contributed by atoms with E-state index in [1.165, 1.54) is 0 Å². The minimum absolute atomic E-state index is 0. The van der Waals surface area contributed by atoms with Crippen LogP contribution in [-0.2, 0) is 22.6 Å². The van der Waals surface area contributed by atoms with Gasteiger partial charge in [0.15, 0.2) is 5.96 Å². The zero-order chi connectivity index (χ0) is 22.8. The van der Waals surface area contributed by atoms with Gasteiger partial charge < -0.3 is 29.7 Å². The molecule has 1 saturated heterocycles. The number of morpholine rings is 1. The average molecular weight is 569 g/mol. The van der Waals surface area contributed by atoms with Crippen LogP contribution < -0.4 is 20.3 Å². The number of hydrogen-bond donors (Lipinski definition) is 2. The number of methoxy groups -OCH3 is 1. The van der Waals surface area contributed by atoms with Gasteiger partial charge in [-0.25, -0.2) is 4.98 Å². The maximum atomic E-state index is 5.88. The van der Waals surface area contributed by atoms with Crippen molar-refractivity contribution in [3.05, 3.63) is 53.2 Å². The van der Waals surface area contributed by atoms with E-state index in [4.69, 9.17) is 14.2 Å². The third-order valence-corrected chi connectivity index (χ3v) is 5.27. The fourth-order valence-corrected chi connectivity index (χ4v) is 3.50. The summed E-state index contributed by atoms with van der Waals surface area (Å²) in [6.07, 6.45) is 2.15. The molecule has 1 aromatic heterocycles. The summed E-state index contributed by atoms with van der Waals surface area (Å²) in [5.41, 5.74) is 3.32. The van der Waals surface area contributed by atoms with Gasteiger partial charge in [-0.05, 0) is 37.1 Å². The molecular formula is C24H36IN5O3. The van der Waals surface area contributed by atoms with Crippen molar-refractivity contribution in [2.24, 2.45) is 4.99 Å². The predicted octanol–water partition coefficient (Wildman–Crippen LogP) is 3.12. The highest BCUT2D eigenvalue weighted by molar-refractivity contribution is 14.0. The van der Waals surface area contributed by atoms with E-state index in [-0.39, 0.29) is 30.1 Å². The van der Waals surface area contributed by atoms with Crippen LogP contribution in [0.1, 0.15) is 23.6 Å². The molecular weight excluding hydrogens is 533 g/mol. The number of ether oxygens (including phenoxy) is 3. The van der Waals surface area contributed by atoms with E-state index in [0.717, 1.165) is 53.9 Å². The molecule has 8 nitrogen and oxygen atoms in total. The van der Waals surface area contributed by atoms with Gasteiger partial charge in [0.2, 0.25) is 0 Å². The number of halogens is 1. The molecule has 9 heteroatoms. The molecule has 0 amide bonds. The first-order valence-corrected chi connectivity index (χ1v) is 11.1. The summed E-state index contributed by atoms with van der Waals surface area (Å²) in [7, 11) is 3.44. The summed E-state index contributed by atoms with van der Waals surface area (Å²) < 4.78 is 16.6. The molecule has 1 fully saturated rings. The largest absolute Gasteiger partial charge is 0.491 e. The molecule has 2 N–H and O–H groups in total. The number of rotatable bonds is 9. The van der Waals surface area contributed by atoms with Crippen molar-refractivity contribution in [1.29, 1.82) is 0 Å². The molecule has 2 aromatic rings. The lowest BCUT2D eigenvalue weighted by Gasteiger charge is -2.32. The van der Waals surface area contributed by atoms with Crippen molar-refractivity contribution in [3.8, 4) is 5.75 Å². The molecule has 0 spiro atoms. The molecule has 1 aliphatic heterocycles. The van der Waals surface area contributed by atoms with Gasteiger partial charge in [-0.1, -0.05) is 18.2 Å². The Balaban J connectivity index is 0.00000385. The van der Waals surface area contributed by atoms with Gasteiger partial charge in [-0.3, -0.25) is 4.99 Å². The van der Waals surface area contributed by atoms with E-state index in [2.05, 4.69) is 63.6 Å². The Labute approximate surface area is 214 Å². The zero-order valence-corrected chi connectivity index (χ0v) is 22.3. The number of aliphatic imine (C=N–C) groups is 1. The summed E-state index contributed by atoms with van der Waals surface area (Å²) in [5, 5.41) is 6.71. The van der Waals surface area contributed by atoms with Gasteiger partial charge in [-0.2, -0.15) is 0 Å². The molecule has 0 saturated carbocycles. The van der Waals surface area contributed by atoms with Gasteiger partial charge in [0.05, 0.1) is 19.3 Å². The van der Waals surface area contributed by atoms with Crippen molar-refractivity contribution < 1.29 is 14.2 Å². The van der Waals surface area contributed by atoms with Crippen molar-refractivity contribution in [2.75, 3.05) is 52.0 Å². The fraction of sp³-hybridized carbons (Fsp3) is 0.500. The van der Waals surface area contributed by atoms with Crippen LogP contribution in [0.5, 0.6) is 5.75 Å². The van der Waals surface area contributed by atoms with Gasteiger partial charge in [0.25, 0.3) is 0 Å². The normalized spacial score (nSPS) is 16.2. The number of pyridine rings is 1. The van der Waals surface area contributed by atoms with Crippen molar-refractivity contribution in [3.63, 3.8) is 0 Å². The van der Waals surface area contributed by atoms with E-state index in [9.17, 15) is 0 Å². The number of nitrogens with zero attached hydrogens (tertiary/aromatic N) is 3. The summed E-state index contributed by atoms with van der Waals surface area (Å²) in [6, 6.07) is 10.4. The molecule has 3 rings (SSSR count). The monoisotopic (exact) mass is 569 g/mol. The van der Waals surface area contributed by atoms with Crippen LogP contribution in [0.15, 0.2) is 41.5 Å². The maximum Gasteiger partial charge on any atom is 0.191 e.